The number of rotatable bonds is 2. The molecule has 2 atom stereocenters. The summed E-state index contributed by atoms with van der Waals surface area (Å²) >= 11 is 0. The van der Waals surface area contributed by atoms with E-state index in [1.54, 1.807) is 0 Å². The molecule has 0 aliphatic heterocycles. The fourth-order valence-electron chi connectivity index (χ4n) is 2.52. The summed E-state index contributed by atoms with van der Waals surface area (Å²) in [6.07, 6.45) is 3.16. The molecule has 2 aromatic rings. The summed E-state index contributed by atoms with van der Waals surface area (Å²) < 4.78 is 5.18. The van der Waals surface area contributed by atoms with Gasteiger partial charge in [0.05, 0.1) is 6.04 Å². The van der Waals surface area contributed by atoms with Crippen molar-refractivity contribution in [3.63, 3.8) is 0 Å². The van der Waals surface area contributed by atoms with Crippen LogP contribution in [0.15, 0.2) is 28.8 Å². The van der Waals surface area contributed by atoms with Gasteiger partial charge in [-0.15, -0.1) is 0 Å². The molecule has 94 valence electrons. The van der Waals surface area contributed by atoms with Gasteiger partial charge in [0.1, 0.15) is 0 Å². The lowest BCUT2D eigenvalue weighted by molar-refractivity contribution is 0.352. The molecule has 4 heteroatoms. The molecule has 0 saturated carbocycles. The minimum absolute atomic E-state index is 0.192. The lowest BCUT2D eigenvalue weighted by Gasteiger charge is -2.21. The van der Waals surface area contributed by atoms with E-state index in [2.05, 4.69) is 34.4 Å². The zero-order valence-corrected chi connectivity index (χ0v) is 10.5. The minimum atomic E-state index is -0.192. The predicted molar refractivity (Wildman–Crippen MR) is 68.1 cm³/mol. The lowest BCUT2D eigenvalue weighted by atomic mass is 9.83. The molecule has 0 amide bonds. The van der Waals surface area contributed by atoms with Gasteiger partial charge in [-0.3, -0.25) is 0 Å². The Labute approximate surface area is 106 Å². The van der Waals surface area contributed by atoms with Crippen molar-refractivity contribution >= 4 is 0 Å². The molecule has 0 spiro atoms. The van der Waals surface area contributed by atoms with Crippen LogP contribution in [0.3, 0.4) is 0 Å². The first-order valence-corrected chi connectivity index (χ1v) is 6.40. The first kappa shape index (κ1) is 11.4. The summed E-state index contributed by atoms with van der Waals surface area (Å²) in [5.74, 6) is 1.69. The molecule has 2 N–H and O–H groups in total. The van der Waals surface area contributed by atoms with Crippen molar-refractivity contribution < 1.29 is 4.52 Å². The van der Waals surface area contributed by atoms with Crippen LogP contribution < -0.4 is 5.73 Å². The third kappa shape index (κ3) is 2.04. The van der Waals surface area contributed by atoms with E-state index < -0.39 is 0 Å². The molecule has 1 aliphatic rings. The average molecular weight is 243 g/mol. The number of aromatic nitrogens is 2. The largest absolute Gasteiger partial charge is 0.338 e. The smallest absolute Gasteiger partial charge is 0.243 e. The van der Waals surface area contributed by atoms with E-state index in [-0.39, 0.29) is 6.04 Å². The average Bonchev–Trinajstić information content (AvgIpc) is 2.88. The van der Waals surface area contributed by atoms with E-state index in [4.69, 9.17) is 10.3 Å². The molecular formula is C14H17N3O. The Balaban J connectivity index is 1.83. The minimum Gasteiger partial charge on any atom is -0.338 e. The summed E-state index contributed by atoms with van der Waals surface area (Å²) in [7, 11) is 0. The van der Waals surface area contributed by atoms with Gasteiger partial charge in [0, 0.05) is 5.92 Å². The monoisotopic (exact) mass is 243 g/mol. The van der Waals surface area contributed by atoms with Crippen LogP contribution in [0.4, 0.5) is 0 Å². The summed E-state index contributed by atoms with van der Waals surface area (Å²) in [5, 5.41) is 4.07. The van der Waals surface area contributed by atoms with Gasteiger partial charge in [-0.2, -0.15) is 4.98 Å². The second-order valence-electron chi connectivity index (χ2n) is 4.99. The molecule has 3 rings (SSSR count). The van der Waals surface area contributed by atoms with Crippen LogP contribution in [-0.4, -0.2) is 10.1 Å². The lowest BCUT2D eigenvalue weighted by Crippen LogP contribution is -2.14. The van der Waals surface area contributed by atoms with Crippen molar-refractivity contribution in [3.05, 3.63) is 47.1 Å². The molecule has 0 bridgehead atoms. The highest BCUT2D eigenvalue weighted by Gasteiger charge is 2.24. The quantitative estimate of drug-likeness (QED) is 0.879. The van der Waals surface area contributed by atoms with Crippen LogP contribution in [0.2, 0.25) is 0 Å². The van der Waals surface area contributed by atoms with Crippen LogP contribution in [0.1, 0.15) is 48.1 Å². The topological polar surface area (TPSA) is 64.9 Å². The molecule has 0 fully saturated rings. The Morgan fingerprint density at radius 3 is 2.83 bits per heavy atom. The van der Waals surface area contributed by atoms with Gasteiger partial charge in [0.15, 0.2) is 5.82 Å². The SMILES string of the molecule is C[C@@H](N)c1nc(C2CCc3ccccc3C2)no1. The molecule has 1 aliphatic carbocycles. The van der Waals surface area contributed by atoms with Crippen molar-refractivity contribution in [1.82, 2.24) is 10.1 Å². The molecule has 0 saturated heterocycles. The normalized spacial score (nSPS) is 20.4. The Bertz CT molecular complexity index is 547. The fourth-order valence-corrected chi connectivity index (χ4v) is 2.52. The van der Waals surface area contributed by atoms with Gasteiger partial charge in [0.25, 0.3) is 0 Å². The third-order valence-corrected chi connectivity index (χ3v) is 3.56. The highest BCUT2D eigenvalue weighted by atomic mass is 16.5. The number of hydrogen-bond donors (Lipinski definition) is 1. The van der Waals surface area contributed by atoms with E-state index in [0.29, 0.717) is 11.8 Å². The highest BCUT2D eigenvalue weighted by molar-refractivity contribution is 5.31. The molecule has 1 unspecified atom stereocenters. The van der Waals surface area contributed by atoms with Crippen molar-refractivity contribution in [2.24, 2.45) is 5.73 Å². The van der Waals surface area contributed by atoms with E-state index in [1.165, 1.54) is 11.1 Å². The van der Waals surface area contributed by atoms with Crippen LogP contribution in [0.25, 0.3) is 0 Å². The van der Waals surface area contributed by atoms with Crippen molar-refractivity contribution in [2.75, 3.05) is 0 Å². The van der Waals surface area contributed by atoms with Crippen LogP contribution in [0.5, 0.6) is 0 Å². The zero-order valence-electron chi connectivity index (χ0n) is 10.5. The van der Waals surface area contributed by atoms with Crippen LogP contribution in [-0.2, 0) is 12.8 Å². The number of benzene rings is 1. The Hall–Kier alpha value is -1.68. The van der Waals surface area contributed by atoms with Crippen LogP contribution >= 0.6 is 0 Å². The molecule has 18 heavy (non-hydrogen) atoms. The number of fused-ring (bicyclic) bond motifs is 1. The second-order valence-corrected chi connectivity index (χ2v) is 4.99. The standard InChI is InChI=1S/C14H17N3O/c1-9(15)14-16-13(17-18-14)12-7-6-10-4-2-3-5-11(10)8-12/h2-5,9,12H,6-8,15H2,1H3/t9-,12?/m1/s1. The van der Waals surface area contributed by atoms with E-state index in [0.717, 1.165) is 25.1 Å². The van der Waals surface area contributed by atoms with Gasteiger partial charge in [-0.05, 0) is 37.3 Å². The second kappa shape index (κ2) is 4.53. The summed E-state index contributed by atoms with van der Waals surface area (Å²) in [5.41, 5.74) is 8.59. The number of nitrogens with two attached hydrogens (primary N) is 1. The first-order valence-electron chi connectivity index (χ1n) is 6.40. The Morgan fingerprint density at radius 2 is 2.11 bits per heavy atom. The van der Waals surface area contributed by atoms with Gasteiger partial charge in [-0.1, -0.05) is 29.4 Å². The van der Waals surface area contributed by atoms with E-state index in [1.807, 2.05) is 6.92 Å². The Kier molecular flexibility index (Phi) is 2.88. The summed E-state index contributed by atoms with van der Waals surface area (Å²) in [6.45, 7) is 1.85. The molecule has 0 radical (unpaired) electrons. The fraction of sp³-hybridized carbons (Fsp3) is 0.429. The maximum atomic E-state index is 5.74. The highest BCUT2D eigenvalue weighted by Crippen LogP contribution is 2.31. The molecule has 4 nitrogen and oxygen atoms in total. The van der Waals surface area contributed by atoms with E-state index in [9.17, 15) is 0 Å². The molecular weight excluding hydrogens is 226 g/mol. The summed E-state index contributed by atoms with van der Waals surface area (Å²) in [4.78, 5) is 4.40. The third-order valence-electron chi connectivity index (χ3n) is 3.56. The van der Waals surface area contributed by atoms with Gasteiger partial charge < -0.3 is 10.3 Å². The van der Waals surface area contributed by atoms with E-state index >= 15 is 0 Å². The number of aryl methyl sites for hydroxylation is 1. The van der Waals surface area contributed by atoms with Crippen molar-refractivity contribution in [3.8, 4) is 0 Å². The summed E-state index contributed by atoms with van der Waals surface area (Å²) in [6, 6.07) is 8.39. The maximum Gasteiger partial charge on any atom is 0.243 e. The number of nitrogens with zero attached hydrogens (tertiary/aromatic N) is 2. The first-order chi connectivity index (χ1) is 8.74. The number of hydrogen-bond acceptors (Lipinski definition) is 4. The zero-order chi connectivity index (χ0) is 12.5. The molecule has 1 aromatic carbocycles. The maximum absolute atomic E-state index is 5.74. The van der Waals surface area contributed by atoms with Gasteiger partial charge >= 0.3 is 0 Å². The van der Waals surface area contributed by atoms with Crippen molar-refractivity contribution in [1.29, 1.82) is 0 Å². The van der Waals surface area contributed by atoms with Gasteiger partial charge in [0.2, 0.25) is 5.89 Å². The molecule has 1 heterocycles. The Morgan fingerprint density at radius 1 is 1.33 bits per heavy atom. The van der Waals surface area contributed by atoms with Gasteiger partial charge in [-0.25, -0.2) is 0 Å². The van der Waals surface area contributed by atoms with Crippen molar-refractivity contribution in [2.45, 2.75) is 38.1 Å². The predicted octanol–water partition coefficient (Wildman–Crippen LogP) is 2.36. The van der Waals surface area contributed by atoms with Crippen LogP contribution in [0, 0.1) is 0 Å². The molecule has 1 aromatic heterocycles.